The van der Waals surface area contributed by atoms with Gasteiger partial charge >= 0.3 is 0 Å². The van der Waals surface area contributed by atoms with E-state index in [1.807, 2.05) is 0 Å². The molecule has 36 heavy (non-hydrogen) atoms. The number of benzene rings is 4. The predicted molar refractivity (Wildman–Crippen MR) is 158 cm³/mol. The van der Waals surface area contributed by atoms with E-state index >= 15 is 0 Å². The quantitative estimate of drug-likeness (QED) is 0.155. The molecule has 4 aromatic carbocycles. The maximum Gasteiger partial charge on any atom is 0.0658 e. The molecular formula is C32H38Br2P2. The van der Waals surface area contributed by atoms with Crippen molar-refractivity contribution in [3.8, 4) is 0 Å². The maximum absolute atomic E-state index is 2.30. The van der Waals surface area contributed by atoms with Crippen LogP contribution < -0.4 is 34.0 Å². The van der Waals surface area contributed by atoms with Crippen LogP contribution >= 0.6 is 17.2 Å². The topological polar surface area (TPSA) is 0 Å². The Morgan fingerprint density at radius 3 is 0.889 bits per heavy atom. The highest BCUT2D eigenvalue weighted by atomic mass is 79.9. The predicted octanol–water partition coefficient (Wildman–Crippen LogP) is 2.26. The van der Waals surface area contributed by atoms with Crippen molar-refractivity contribution < 1.29 is 34.0 Å². The van der Waals surface area contributed by atoms with Gasteiger partial charge < -0.3 is 34.0 Å². The zero-order valence-corrected chi connectivity index (χ0v) is 26.3. The SMILES string of the molecule is [Br-].[Br-].c1ccc(C(C[PH2+]CCCC[PH2+]CC(c2ccccc2)c2ccccc2)c2ccccc2)cc1. The summed E-state index contributed by atoms with van der Waals surface area (Å²) >= 11 is 0. The Hall–Kier alpha value is -1.30. The summed E-state index contributed by atoms with van der Waals surface area (Å²) in [7, 11) is 0.987. The number of rotatable bonds is 13. The molecule has 0 aliphatic carbocycles. The second-order valence-electron chi connectivity index (χ2n) is 9.08. The number of halogens is 2. The maximum atomic E-state index is 2.30. The van der Waals surface area contributed by atoms with Crippen LogP contribution in [0.2, 0.25) is 0 Å². The molecule has 0 fully saturated rings. The van der Waals surface area contributed by atoms with Gasteiger partial charge in [-0.1, -0.05) is 121 Å². The minimum atomic E-state index is 0. The lowest BCUT2D eigenvalue weighted by atomic mass is 9.93. The first kappa shape index (κ1) is 30.9. The van der Waals surface area contributed by atoms with Crippen molar-refractivity contribution in [1.82, 2.24) is 0 Å². The normalized spacial score (nSPS) is 11.3. The average molecular weight is 644 g/mol. The van der Waals surface area contributed by atoms with Gasteiger partial charge in [-0.05, 0) is 52.3 Å². The average Bonchev–Trinajstić information content (AvgIpc) is 2.92. The molecule has 0 aromatic heterocycles. The van der Waals surface area contributed by atoms with Crippen LogP contribution in [0.4, 0.5) is 0 Å². The smallest absolute Gasteiger partial charge is 0.0658 e. The van der Waals surface area contributed by atoms with E-state index < -0.39 is 0 Å². The Bertz CT molecular complexity index is 892. The van der Waals surface area contributed by atoms with Gasteiger partial charge in [-0.3, -0.25) is 0 Å². The van der Waals surface area contributed by atoms with E-state index in [1.165, 1.54) is 59.7 Å². The molecule has 2 atom stereocenters. The summed E-state index contributed by atoms with van der Waals surface area (Å²) in [5.41, 5.74) is 5.88. The molecule has 0 spiro atoms. The summed E-state index contributed by atoms with van der Waals surface area (Å²) in [6.07, 6.45) is 8.31. The molecule has 0 aliphatic rings. The molecule has 0 radical (unpaired) electrons. The standard InChI is InChI=1S/C32H36P2.2BrH/c1-5-15-27(16-6-1)31(28-17-7-2-8-18-28)25-33-23-13-14-24-34-26-32(29-19-9-3-10-20-29)30-21-11-4-12-22-30;;/h1-12,15-22,31-34H,13-14,23-26H2;2*1H. The van der Waals surface area contributed by atoms with Crippen LogP contribution in [0, 0.1) is 0 Å². The van der Waals surface area contributed by atoms with Crippen LogP contribution in [-0.4, -0.2) is 24.6 Å². The second kappa shape index (κ2) is 18.0. The van der Waals surface area contributed by atoms with Crippen LogP contribution in [0.1, 0.15) is 46.9 Å². The first-order valence-electron chi connectivity index (χ1n) is 12.7. The molecule has 0 amide bonds. The molecule has 190 valence electrons. The largest absolute Gasteiger partial charge is 1.00 e. The second-order valence-corrected chi connectivity index (χ2v) is 12.3. The summed E-state index contributed by atoms with van der Waals surface area (Å²) < 4.78 is 0. The van der Waals surface area contributed by atoms with Crippen molar-refractivity contribution in [2.75, 3.05) is 24.6 Å². The number of hydrogen-bond donors (Lipinski definition) is 0. The molecule has 4 aromatic rings. The van der Waals surface area contributed by atoms with E-state index in [0.29, 0.717) is 29.0 Å². The molecule has 0 aliphatic heterocycles. The minimum absolute atomic E-state index is 0. The fourth-order valence-corrected chi connectivity index (χ4v) is 8.20. The Morgan fingerprint density at radius 2 is 0.639 bits per heavy atom. The highest BCUT2D eigenvalue weighted by Gasteiger charge is 2.18. The van der Waals surface area contributed by atoms with Gasteiger partial charge in [0.25, 0.3) is 0 Å². The van der Waals surface area contributed by atoms with Gasteiger partial charge in [0, 0.05) is 11.8 Å². The lowest BCUT2D eigenvalue weighted by Crippen LogP contribution is -3.00. The van der Waals surface area contributed by atoms with E-state index in [-0.39, 0.29) is 34.0 Å². The summed E-state index contributed by atoms with van der Waals surface area (Å²) in [4.78, 5) is 0. The third-order valence-corrected chi connectivity index (χ3v) is 9.92. The van der Waals surface area contributed by atoms with E-state index in [9.17, 15) is 0 Å². The zero-order valence-electron chi connectivity index (χ0n) is 20.9. The molecule has 4 rings (SSSR count). The minimum Gasteiger partial charge on any atom is -1.00 e. The molecule has 0 N–H and O–H groups in total. The molecular weight excluding hydrogens is 606 g/mol. The van der Waals surface area contributed by atoms with Crippen molar-refractivity contribution in [3.63, 3.8) is 0 Å². The molecule has 0 saturated carbocycles. The Balaban J connectivity index is 0.00000228. The van der Waals surface area contributed by atoms with Crippen LogP contribution in [0.15, 0.2) is 121 Å². The van der Waals surface area contributed by atoms with Crippen molar-refractivity contribution in [2.24, 2.45) is 0 Å². The van der Waals surface area contributed by atoms with Gasteiger partial charge in [0.15, 0.2) is 0 Å². The van der Waals surface area contributed by atoms with Gasteiger partial charge in [0.05, 0.1) is 24.6 Å². The van der Waals surface area contributed by atoms with Crippen molar-refractivity contribution in [2.45, 2.75) is 24.7 Å². The summed E-state index contributed by atoms with van der Waals surface area (Å²) in [6, 6.07) is 44.4. The number of unbranched alkanes of at least 4 members (excludes halogenated alkanes) is 1. The zero-order chi connectivity index (χ0) is 23.3. The van der Waals surface area contributed by atoms with Gasteiger partial charge in [0.1, 0.15) is 0 Å². The summed E-state index contributed by atoms with van der Waals surface area (Å²) in [6.45, 7) is 0. The van der Waals surface area contributed by atoms with Gasteiger partial charge in [-0.15, -0.1) is 0 Å². The first-order valence-corrected chi connectivity index (χ1v) is 16.0. The molecule has 0 nitrogen and oxygen atoms in total. The van der Waals surface area contributed by atoms with Gasteiger partial charge in [-0.2, -0.15) is 0 Å². The monoisotopic (exact) mass is 642 g/mol. The highest BCUT2D eigenvalue weighted by molar-refractivity contribution is 7.38. The van der Waals surface area contributed by atoms with Crippen LogP contribution in [0.3, 0.4) is 0 Å². The molecule has 0 heterocycles. The molecule has 4 heteroatoms. The first-order chi connectivity index (χ1) is 16.9. The van der Waals surface area contributed by atoms with Crippen LogP contribution in [0.5, 0.6) is 0 Å². The summed E-state index contributed by atoms with van der Waals surface area (Å²) in [5, 5.41) is 0. The summed E-state index contributed by atoms with van der Waals surface area (Å²) in [5.74, 6) is 1.11. The van der Waals surface area contributed by atoms with Crippen molar-refractivity contribution in [1.29, 1.82) is 0 Å². The van der Waals surface area contributed by atoms with Gasteiger partial charge in [0.2, 0.25) is 0 Å². The van der Waals surface area contributed by atoms with Crippen LogP contribution in [-0.2, 0) is 0 Å². The Morgan fingerprint density at radius 1 is 0.389 bits per heavy atom. The Kier molecular flexibility index (Phi) is 15.5. The molecule has 0 saturated heterocycles. The van der Waals surface area contributed by atoms with Crippen molar-refractivity contribution >= 4 is 17.2 Å². The van der Waals surface area contributed by atoms with Gasteiger partial charge in [-0.25, -0.2) is 0 Å². The van der Waals surface area contributed by atoms with E-state index in [1.54, 1.807) is 0 Å². The fourth-order valence-electron chi connectivity index (χ4n) is 4.82. The fraction of sp³-hybridized carbons (Fsp3) is 0.250. The lowest BCUT2D eigenvalue weighted by Gasteiger charge is -2.15. The lowest BCUT2D eigenvalue weighted by molar-refractivity contribution is -0.00100. The Labute approximate surface area is 242 Å². The third kappa shape index (κ3) is 9.87. The van der Waals surface area contributed by atoms with Crippen LogP contribution in [0.25, 0.3) is 0 Å². The number of hydrogen-bond acceptors (Lipinski definition) is 0. The van der Waals surface area contributed by atoms with Crippen molar-refractivity contribution in [3.05, 3.63) is 144 Å². The third-order valence-electron chi connectivity index (χ3n) is 6.68. The molecule has 0 bridgehead atoms. The van der Waals surface area contributed by atoms with E-state index in [4.69, 9.17) is 0 Å². The van der Waals surface area contributed by atoms with E-state index in [2.05, 4.69) is 121 Å². The highest BCUT2D eigenvalue weighted by Crippen LogP contribution is 2.33. The van der Waals surface area contributed by atoms with E-state index in [0.717, 1.165) is 0 Å². The molecule has 2 unspecified atom stereocenters.